The topological polar surface area (TPSA) is 100 Å². The Kier molecular flexibility index (Phi) is 3.28. The quantitative estimate of drug-likeness (QED) is 0.758. The van der Waals surface area contributed by atoms with Gasteiger partial charge >= 0.3 is 0 Å². The zero-order chi connectivity index (χ0) is 15.0. The first-order chi connectivity index (χ1) is 10.1. The van der Waals surface area contributed by atoms with Crippen molar-refractivity contribution < 1.29 is 0 Å². The fraction of sp³-hybridized carbons (Fsp3) is 0.462. The number of hydrogen-bond donors (Lipinski definition) is 1. The highest BCUT2D eigenvalue weighted by Crippen LogP contribution is 2.17. The van der Waals surface area contributed by atoms with Gasteiger partial charge in [0.2, 0.25) is 0 Å². The molecule has 3 heterocycles. The molecule has 0 saturated carbocycles. The Labute approximate surface area is 122 Å². The third kappa shape index (κ3) is 2.32. The summed E-state index contributed by atoms with van der Waals surface area (Å²) in [6.45, 7) is 4.55. The van der Waals surface area contributed by atoms with Gasteiger partial charge in [0.15, 0.2) is 17.3 Å². The van der Waals surface area contributed by atoms with Crippen LogP contribution >= 0.6 is 0 Å². The molecule has 0 spiro atoms. The van der Waals surface area contributed by atoms with Crippen molar-refractivity contribution in [1.82, 2.24) is 34.5 Å². The van der Waals surface area contributed by atoms with E-state index >= 15 is 0 Å². The summed E-state index contributed by atoms with van der Waals surface area (Å²) < 4.78 is 3.53. The molecule has 3 rings (SSSR count). The molecule has 0 aliphatic heterocycles. The minimum atomic E-state index is 0.442. The average molecular weight is 286 g/mol. The van der Waals surface area contributed by atoms with Gasteiger partial charge in [0, 0.05) is 19.9 Å². The Bertz CT molecular complexity index is 785. The maximum absolute atomic E-state index is 5.98. The summed E-state index contributed by atoms with van der Waals surface area (Å²) in [5, 5.41) is 9.40. The summed E-state index contributed by atoms with van der Waals surface area (Å²) in [6.07, 6.45) is 3.30. The molecule has 0 amide bonds. The van der Waals surface area contributed by atoms with E-state index < -0.39 is 0 Å². The molecule has 0 bridgehead atoms. The second kappa shape index (κ2) is 5.12. The number of nitrogens with zero attached hydrogens (tertiary/aromatic N) is 7. The van der Waals surface area contributed by atoms with Crippen molar-refractivity contribution in [2.24, 2.45) is 7.05 Å². The lowest BCUT2D eigenvalue weighted by atomic mass is 10.4. The van der Waals surface area contributed by atoms with Crippen LogP contribution in [-0.2, 0) is 26.4 Å². The van der Waals surface area contributed by atoms with Gasteiger partial charge in [-0.15, -0.1) is 0 Å². The first-order valence-electron chi connectivity index (χ1n) is 6.99. The standard InChI is InChI=1S/C13H18N8/c1-4-9-16-11(5-2)21(19-9)7-10-17-12(14)8-6-15-20(3)13(8)18-10/h6H,4-5,7H2,1-3H3,(H2,14,17,18). The first-order valence-corrected chi connectivity index (χ1v) is 6.99. The van der Waals surface area contributed by atoms with Crippen molar-refractivity contribution in [2.75, 3.05) is 5.73 Å². The molecule has 0 radical (unpaired) electrons. The largest absolute Gasteiger partial charge is 0.383 e. The summed E-state index contributed by atoms with van der Waals surface area (Å²) in [7, 11) is 1.83. The van der Waals surface area contributed by atoms with Crippen LogP contribution in [0.4, 0.5) is 5.82 Å². The van der Waals surface area contributed by atoms with Crippen molar-refractivity contribution >= 4 is 16.9 Å². The molecule has 3 aromatic heterocycles. The van der Waals surface area contributed by atoms with Gasteiger partial charge in [-0.05, 0) is 0 Å². The first kappa shape index (κ1) is 13.5. The maximum Gasteiger partial charge on any atom is 0.163 e. The molecule has 0 aromatic carbocycles. The zero-order valence-electron chi connectivity index (χ0n) is 12.4. The Morgan fingerprint density at radius 2 is 1.90 bits per heavy atom. The summed E-state index contributed by atoms with van der Waals surface area (Å²) in [5.74, 6) is 2.82. The maximum atomic E-state index is 5.98. The van der Waals surface area contributed by atoms with Crippen molar-refractivity contribution in [3.05, 3.63) is 23.7 Å². The van der Waals surface area contributed by atoms with E-state index in [0.29, 0.717) is 18.2 Å². The van der Waals surface area contributed by atoms with Gasteiger partial charge in [0.25, 0.3) is 0 Å². The van der Waals surface area contributed by atoms with Gasteiger partial charge in [-0.1, -0.05) is 13.8 Å². The van der Waals surface area contributed by atoms with E-state index in [0.717, 1.165) is 35.5 Å². The van der Waals surface area contributed by atoms with E-state index in [2.05, 4.69) is 32.1 Å². The van der Waals surface area contributed by atoms with E-state index in [1.165, 1.54) is 0 Å². The number of rotatable bonds is 4. The van der Waals surface area contributed by atoms with Crippen molar-refractivity contribution in [3.8, 4) is 0 Å². The van der Waals surface area contributed by atoms with E-state index in [-0.39, 0.29) is 0 Å². The fourth-order valence-electron chi connectivity index (χ4n) is 2.26. The zero-order valence-corrected chi connectivity index (χ0v) is 12.4. The minimum absolute atomic E-state index is 0.442. The van der Waals surface area contributed by atoms with Gasteiger partial charge in [-0.3, -0.25) is 4.68 Å². The molecule has 0 aliphatic rings. The van der Waals surface area contributed by atoms with E-state index in [1.54, 1.807) is 10.9 Å². The Morgan fingerprint density at radius 3 is 2.62 bits per heavy atom. The van der Waals surface area contributed by atoms with Crippen LogP contribution < -0.4 is 5.73 Å². The molecule has 0 fully saturated rings. The average Bonchev–Trinajstić information content (AvgIpc) is 3.03. The fourth-order valence-corrected chi connectivity index (χ4v) is 2.26. The van der Waals surface area contributed by atoms with E-state index in [9.17, 15) is 0 Å². The van der Waals surface area contributed by atoms with Crippen molar-refractivity contribution in [3.63, 3.8) is 0 Å². The summed E-state index contributed by atoms with van der Waals surface area (Å²) in [5.41, 5.74) is 6.70. The van der Waals surface area contributed by atoms with Crippen LogP contribution in [0.2, 0.25) is 0 Å². The van der Waals surface area contributed by atoms with Gasteiger partial charge in [-0.25, -0.2) is 19.6 Å². The lowest BCUT2D eigenvalue weighted by Crippen LogP contribution is -2.11. The highest BCUT2D eigenvalue weighted by Gasteiger charge is 2.12. The van der Waals surface area contributed by atoms with Crippen LogP contribution in [0.25, 0.3) is 11.0 Å². The molecular formula is C13H18N8. The minimum Gasteiger partial charge on any atom is -0.383 e. The third-order valence-electron chi connectivity index (χ3n) is 3.38. The highest BCUT2D eigenvalue weighted by molar-refractivity contribution is 5.84. The molecule has 0 saturated heterocycles. The second-order valence-corrected chi connectivity index (χ2v) is 4.84. The van der Waals surface area contributed by atoms with Crippen LogP contribution in [-0.4, -0.2) is 34.5 Å². The van der Waals surface area contributed by atoms with Crippen molar-refractivity contribution in [2.45, 2.75) is 33.2 Å². The highest BCUT2D eigenvalue weighted by atomic mass is 15.4. The lowest BCUT2D eigenvalue weighted by Gasteiger charge is -2.05. The van der Waals surface area contributed by atoms with Gasteiger partial charge in [0.1, 0.15) is 18.2 Å². The molecule has 2 N–H and O–H groups in total. The monoisotopic (exact) mass is 286 g/mol. The Balaban J connectivity index is 2.01. The number of nitrogens with two attached hydrogens (primary N) is 1. The SMILES string of the molecule is CCc1nc(CC)n(Cc2nc(N)c3cnn(C)c3n2)n1. The predicted molar refractivity (Wildman–Crippen MR) is 78.6 cm³/mol. The van der Waals surface area contributed by atoms with Crippen molar-refractivity contribution in [1.29, 1.82) is 0 Å². The molecule has 3 aromatic rings. The van der Waals surface area contributed by atoms with Gasteiger partial charge in [0.05, 0.1) is 11.6 Å². The molecule has 21 heavy (non-hydrogen) atoms. The molecular weight excluding hydrogens is 268 g/mol. The van der Waals surface area contributed by atoms with Crippen LogP contribution in [0, 0.1) is 0 Å². The molecule has 8 nitrogen and oxygen atoms in total. The van der Waals surface area contributed by atoms with E-state index in [1.807, 2.05) is 18.7 Å². The molecule has 0 aliphatic carbocycles. The molecule has 110 valence electrons. The summed E-state index contributed by atoms with van der Waals surface area (Å²) in [4.78, 5) is 13.4. The summed E-state index contributed by atoms with van der Waals surface area (Å²) >= 11 is 0. The third-order valence-corrected chi connectivity index (χ3v) is 3.38. The molecule has 8 heteroatoms. The van der Waals surface area contributed by atoms with Gasteiger partial charge in [-0.2, -0.15) is 10.2 Å². The molecule has 0 atom stereocenters. The summed E-state index contributed by atoms with van der Waals surface area (Å²) in [6, 6.07) is 0. The van der Waals surface area contributed by atoms with Crippen LogP contribution in [0.1, 0.15) is 31.3 Å². The van der Waals surface area contributed by atoms with Gasteiger partial charge < -0.3 is 5.73 Å². The Morgan fingerprint density at radius 1 is 1.10 bits per heavy atom. The lowest BCUT2D eigenvalue weighted by molar-refractivity contribution is 0.614. The Hall–Kier alpha value is -2.51. The second-order valence-electron chi connectivity index (χ2n) is 4.84. The number of aryl methyl sites for hydroxylation is 3. The van der Waals surface area contributed by atoms with Crippen LogP contribution in [0.3, 0.4) is 0 Å². The molecule has 0 unspecified atom stereocenters. The van der Waals surface area contributed by atoms with Crippen LogP contribution in [0.15, 0.2) is 6.20 Å². The smallest absolute Gasteiger partial charge is 0.163 e. The number of anilines is 1. The number of fused-ring (bicyclic) bond motifs is 1. The number of hydrogen-bond acceptors (Lipinski definition) is 6. The number of aromatic nitrogens is 7. The normalized spacial score (nSPS) is 11.4. The van der Waals surface area contributed by atoms with Crippen LogP contribution in [0.5, 0.6) is 0 Å². The predicted octanol–water partition coefficient (Wildman–Crippen LogP) is 0.710. The van der Waals surface area contributed by atoms with E-state index in [4.69, 9.17) is 5.73 Å². The number of nitrogen functional groups attached to an aromatic ring is 1.